The number of aryl methyl sites for hydroxylation is 1. The third-order valence-electron chi connectivity index (χ3n) is 5.33. The van der Waals surface area contributed by atoms with Gasteiger partial charge in [-0.25, -0.2) is 9.67 Å². The van der Waals surface area contributed by atoms with Crippen LogP contribution in [0.4, 0.5) is 0 Å². The minimum absolute atomic E-state index is 0.135. The zero-order chi connectivity index (χ0) is 23.4. The highest BCUT2D eigenvalue weighted by atomic mass is 16.5. The number of pyridine rings is 1. The van der Waals surface area contributed by atoms with E-state index >= 15 is 0 Å². The van der Waals surface area contributed by atoms with Crippen molar-refractivity contribution in [1.82, 2.24) is 30.2 Å². The lowest BCUT2D eigenvalue weighted by Crippen LogP contribution is -2.25. The number of amides is 1. The van der Waals surface area contributed by atoms with Gasteiger partial charge in [0.05, 0.1) is 23.0 Å². The molecule has 0 saturated carbocycles. The van der Waals surface area contributed by atoms with Gasteiger partial charge in [0.15, 0.2) is 11.6 Å². The molecule has 0 atom stereocenters. The minimum Gasteiger partial charge on any atom is -0.352 e. The Morgan fingerprint density at radius 3 is 2.55 bits per heavy atom. The zero-order valence-corrected chi connectivity index (χ0v) is 19.4. The summed E-state index contributed by atoms with van der Waals surface area (Å²) < 4.78 is 7.03. The van der Waals surface area contributed by atoms with E-state index in [0.717, 1.165) is 24.1 Å². The Balaban J connectivity index is 1.39. The van der Waals surface area contributed by atoms with Crippen molar-refractivity contribution in [1.29, 1.82) is 0 Å². The van der Waals surface area contributed by atoms with Crippen LogP contribution >= 0.6 is 0 Å². The number of hydrogen-bond acceptors (Lipinski definition) is 6. The number of nitrogens with one attached hydrogen (secondary N) is 1. The van der Waals surface area contributed by atoms with E-state index in [-0.39, 0.29) is 11.3 Å². The molecule has 0 fully saturated rings. The predicted molar refractivity (Wildman–Crippen MR) is 125 cm³/mol. The van der Waals surface area contributed by atoms with Gasteiger partial charge in [0.1, 0.15) is 0 Å². The summed E-state index contributed by atoms with van der Waals surface area (Å²) in [5.74, 6) is 1.54. The Morgan fingerprint density at radius 1 is 1.09 bits per heavy atom. The lowest BCUT2D eigenvalue weighted by atomic mass is 9.96. The molecule has 170 valence electrons. The predicted octanol–water partition coefficient (Wildman–Crippen LogP) is 4.29. The van der Waals surface area contributed by atoms with Crippen LogP contribution in [0.2, 0.25) is 0 Å². The van der Waals surface area contributed by atoms with Crippen LogP contribution < -0.4 is 5.32 Å². The van der Waals surface area contributed by atoms with Crippen molar-refractivity contribution in [3.05, 3.63) is 77.5 Å². The monoisotopic (exact) mass is 444 g/mol. The van der Waals surface area contributed by atoms with Crippen LogP contribution in [0.1, 0.15) is 54.6 Å². The molecule has 0 spiro atoms. The van der Waals surface area contributed by atoms with Crippen LogP contribution in [0.3, 0.4) is 0 Å². The second-order valence-electron chi connectivity index (χ2n) is 8.98. The molecule has 0 bridgehead atoms. The van der Waals surface area contributed by atoms with Gasteiger partial charge in [-0.15, -0.1) is 0 Å². The molecule has 4 rings (SSSR count). The highest BCUT2D eigenvalue weighted by Crippen LogP contribution is 2.24. The number of nitrogens with zero attached hydrogens (tertiary/aromatic N) is 5. The lowest BCUT2D eigenvalue weighted by Gasteiger charge is -2.10. The number of benzene rings is 1. The van der Waals surface area contributed by atoms with E-state index in [2.05, 4.69) is 37.7 Å². The van der Waals surface area contributed by atoms with Gasteiger partial charge < -0.3 is 9.84 Å². The van der Waals surface area contributed by atoms with E-state index in [4.69, 9.17) is 4.52 Å². The summed E-state index contributed by atoms with van der Waals surface area (Å²) in [6.45, 7) is 8.54. The fourth-order valence-corrected chi connectivity index (χ4v) is 3.38. The first-order valence-electron chi connectivity index (χ1n) is 11.0. The second kappa shape index (κ2) is 9.36. The van der Waals surface area contributed by atoms with Crippen LogP contribution in [-0.4, -0.2) is 37.4 Å². The van der Waals surface area contributed by atoms with Crippen LogP contribution in [0.25, 0.3) is 17.3 Å². The van der Waals surface area contributed by atoms with E-state index in [1.165, 1.54) is 5.56 Å². The van der Waals surface area contributed by atoms with Crippen LogP contribution in [0, 0.1) is 6.92 Å². The minimum atomic E-state index is -0.195. The molecule has 3 aromatic heterocycles. The molecule has 4 aromatic rings. The molecule has 0 radical (unpaired) electrons. The Labute approximate surface area is 193 Å². The molecule has 3 heterocycles. The van der Waals surface area contributed by atoms with Gasteiger partial charge in [0.2, 0.25) is 0 Å². The number of rotatable bonds is 7. The molecule has 1 N–H and O–H groups in total. The van der Waals surface area contributed by atoms with Crippen LogP contribution in [0.5, 0.6) is 0 Å². The summed E-state index contributed by atoms with van der Waals surface area (Å²) in [6.07, 6.45) is 5.04. The van der Waals surface area contributed by atoms with Gasteiger partial charge in [-0.1, -0.05) is 56.3 Å². The van der Waals surface area contributed by atoms with Gasteiger partial charge in [-0.3, -0.25) is 4.79 Å². The molecule has 0 saturated heterocycles. The van der Waals surface area contributed by atoms with Crippen molar-refractivity contribution in [3.8, 4) is 17.3 Å². The second-order valence-corrected chi connectivity index (χ2v) is 8.98. The lowest BCUT2D eigenvalue weighted by molar-refractivity contribution is 0.0952. The van der Waals surface area contributed by atoms with E-state index in [0.29, 0.717) is 29.6 Å². The summed E-state index contributed by atoms with van der Waals surface area (Å²) in [7, 11) is 0. The Bertz CT molecular complexity index is 1220. The number of hydrogen-bond donors (Lipinski definition) is 1. The molecular formula is C25H28N6O2. The van der Waals surface area contributed by atoms with Crippen molar-refractivity contribution >= 4 is 5.91 Å². The zero-order valence-electron chi connectivity index (χ0n) is 19.4. The highest BCUT2D eigenvalue weighted by molar-refractivity contribution is 5.95. The summed E-state index contributed by atoms with van der Waals surface area (Å²) in [5, 5.41) is 11.4. The maximum atomic E-state index is 12.6. The summed E-state index contributed by atoms with van der Waals surface area (Å²) in [6, 6.07) is 13.9. The normalized spacial score (nSPS) is 11.5. The van der Waals surface area contributed by atoms with E-state index < -0.39 is 0 Å². The van der Waals surface area contributed by atoms with Crippen molar-refractivity contribution < 1.29 is 9.32 Å². The average Bonchev–Trinajstić information content (AvgIpc) is 3.45. The number of carbonyl (C=O) groups excluding carboxylic acids is 1. The van der Waals surface area contributed by atoms with Gasteiger partial charge in [0, 0.05) is 18.2 Å². The molecule has 0 aliphatic carbocycles. The van der Waals surface area contributed by atoms with E-state index in [1.807, 2.05) is 58.0 Å². The summed E-state index contributed by atoms with van der Waals surface area (Å²) in [4.78, 5) is 21.6. The van der Waals surface area contributed by atoms with Crippen LogP contribution in [-0.2, 0) is 11.8 Å². The topological polar surface area (TPSA) is 98.7 Å². The molecule has 0 aliphatic heterocycles. The maximum absolute atomic E-state index is 12.6. The van der Waals surface area contributed by atoms with Crippen molar-refractivity contribution in [2.75, 3.05) is 6.54 Å². The largest absolute Gasteiger partial charge is 0.352 e. The van der Waals surface area contributed by atoms with Gasteiger partial charge in [-0.2, -0.15) is 10.1 Å². The first kappa shape index (κ1) is 22.4. The molecule has 1 aromatic carbocycles. The molecule has 1 amide bonds. The number of carbonyl (C=O) groups is 1. The Hall–Kier alpha value is -3.81. The first-order chi connectivity index (χ1) is 15.8. The number of aromatic nitrogens is 5. The molecule has 0 unspecified atom stereocenters. The molecular weight excluding hydrogens is 416 g/mol. The third kappa shape index (κ3) is 5.16. The fraction of sp³-hybridized carbons (Fsp3) is 0.320. The Morgan fingerprint density at radius 2 is 1.88 bits per heavy atom. The average molecular weight is 445 g/mol. The molecule has 33 heavy (non-hydrogen) atoms. The van der Waals surface area contributed by atoms with E-state index in [1.54, 1.807) is 17.1 Å². The summed E-state index contributed by atoms with van der Waals surface area (Å²) in [5.41, 5.74) is 3.05. The van der Waals surface area contributed by atoms with Gasteiger partial charge in [-0.05, 0) is 37.5 Å². The fourth-order valence-electron chi connectivity index (χ4n) is 3.38. The van der Waals surface area contributed by atoms with Crippen LogP contribution in [0.15, 0.2) is 59.4 Å². The maximum Gasteiger partial charge on any atom is 0.259 e. The first-order valence-corrected chi connectivity index (χ1v) is 11.0. The SMILES string of the molecule is Cc1c(C(=O)NCCCc2ccccc2)cnn1-c1ccc(-c2nc(C(C)(C)C)no2)cn1. The van der Waals surface area contributed by atoms with E-state index in [9.17, 15) is 4.79 Å². The summed E-state index contributed by atoms with van der Waals surface area (Å²) >= 11 is 0. The van der Waals surface area contributed by atoms with Gasteiger partial charge in [0.25, 0.3) is 11.8 Å². The molecule has 8 heteroatoms. The third-order valence-corrected chi connectivity index (χ3v) is 5.33. The van der Waals surface area contributed by atoms with Gasteiger partial charge >= 0.3 is 0 Å². The molecule has 8 nitrogen and oxygen atoms in total. The van der Waals surface area contributed by atoms with Crippen molar-refractivity contribution in [3.63, 3.8) is 0 Å². The Kier molecular flexibility index (Phi) is 6.35. The standard InChI is InChI=1S/C25H28N6O2/c1-17-20(22(32)26-14-8-11-18-9-6-5-7-10-18)16-28-31(17)21-13-12-19(15-27-21)23-29-24(30-33-23)25(2,3)4/h5-7,9-10,12-13,15-16H,8,11,14H2,1-4H3,(H,26,32). The van der Waals surface area contributed by atoms with Crippen molar-refractivity contribution in [2.45, 2.75) is 46.0 Å². The highest BCUT2D eigenvalue weighted by Gasteiger charge is 2.22. The quantitative estimate of drug-likeness (QED) is 0.427. The smallest absolute Gasteiger partial charge is 0.259 e. The van der Waals surface area contributed by atoms with Crippen molar-refractivity contribution in [2.24, 2.45) is 0 Å². The molecule has 0 aliphatic rings.